The van der Waals surface area contributed by atoms with Crippen LogP contribution in [0.25, 0.3) is 0 Å². The Labute approximate surface area is 251 Å². The topological polar surface area (TPSA) is 68.3 Å². The second-order valence-corrected chi connectivity index (χ2v) is 15.6. The number of hydrogen-bond acceptors (Lipinski definition) is 4. The molecule has 0 amide bonds. The predicted octanol–water partition coefficient (Wildman–Crippen LogP) is 6.84. The van der Waals surface area contributed by atoms with E-state index in [9.17, 15) is 19.2 Å². The molecule has 214 valence electrons. The van der Waals surface area contributed by atoms with Gasteiger partial charge in [0.2, 0.25) is 0 Å². The minimum Gasteiger partial charge on any atom is -0.294 e. The average molecular weight is 595 g/mol. The molecular weight excluding hydrogens is 558 g/mol. The smallest absolute Gasteiger partial charge is 0.160 e. The van der Waals surface area contributed by atoms with Crippen LogP contribution in [-0.2, 0) is 0 Å². The van der Waals surface area contributed by atoms with Crippen LogP contribution in [0.3, 0.4) is 0 Å². The summed E-state index contributed by atoms with van der Waals surface area (Å²) in [5, 5.41) is 3.73. The molecule has 0 saturated heterocycles. The van der Waals surface area contributed by atoms with Crippen LogP contribution >= 0.6 is 15.8 Å². The summed E-state index contributed by atoms with van der Waals surface area (Å²) < 4.78 is 0. The van der Waals surface area contributed by atoms with Crippen LogP contribution < -0.4 is 21.2 Å². The van der Waals surface area contributed by atoms with Crippen molar-refractivity contribution in [3.8, 4) is 0 Å². The zero-order valence-corrected chi connectivity index (χ0v) is 26.7. The highest BCUT2D eigenvalue weighted by atomic mass is 31.1. The Balaban J connectivity index is 2.02. The number of hydrogen-bond donors (Lipinski definition) is 0. The highest BCUT2D eigenvalue weighted by Gasteiger charge is 2.36. The Hall–Kier alpha value is -3.58. The summed E-state index contributed by atoms with van der Waals surface area (Å²) in [7, 11) is -2.43. The van der Waals surface area contributed by atoms with Crippen molar-refractivity contribution in [2.24, 2.45) is 0 Å². The summed E-state index contributed by atoms with van der Waals surface area (Å²) in [4.78, 5) is 51.6. The van der Waals surface area contributed by atoms with Gasteiger partial charge < -0.3 is 0 Å². The summed E-state index contributed by atoms with van der Waals surface area (Å²) in [6.45, 7) is 10.7. The first-order valence-electron chi connectivity index (χ1n) is 14.0. The lowest BCUT2D eigenvalue weighted by molar-refractivity contribution is 0.101. The standard InChI is InChI=1S/C36H36O4P2/c1-23(37)29-15-7-11-19-33(29)41(34-20-12-8-16-30(34)24(2)38)27(5)28(6)42(35-21-13-9-17-31(35)25(3)39)36-22-14-10-18-32(36)26(4)40/h7-22,27-28H,1-6H3. The van der Waals surface area contributed by atoms with E-state index < -0.39 is 15.8 Å². The second-order valence-electron chi connectivity index (χ2n) is 10.5. The molecule has 4 aromatic rings. The van der Waals surface area contributed by atoms with Crippen LogP contribution in [0.1, 0.15) is 83.0 Å². The SMILES string of the molecule is CC(=O)c1ccccc1P(c1ccccc1C(C)=O)C(C)C(C)P(c1ccccc1C(C)=O)c1ccccc1C(C)=O. The van der Waals surface area contributed by atoms with Gasteiger partial charge in [-0.05, 0) is 76.1 Å². The monoisotopic (exact) mass is 594 g/mol. The van der Waals surface area contributed by atoms with Gasteiger partial charge in [-0.1, -0.05) is 111 Å². The Morgan fingerprint density at radius 1 is 0.405 bits per heavy atom. The lowest BCUT2D eigenvalue weighted by Crippen LogP contribution is -2.36. The van der Waals surface area contributed by atoms with Crippen molar-refractivity contribution in [3.05, 3.63) is 119 Å². The molecule has 0 spiro atoms. The van der Waals surface area contributed by atoms with Crippen LogP contribution in [0, 0.1) is 0 Å². The van der Waals surface area contributed by atoms with E-state index in [2.05, 4.69) is 13.8 Å². The molecule has 0 bridgehead atoms. The summed E-state index contributed by atoms with van der Waals surface area (Å²) in [5.41, 5.74) is 2.54. The van der Waals surface area contributed by atoms with Crippen molar-refractivity contribution in [3.63, 3.8) is 0 Å². The maximum Gasteiger partial charge on any atom is 0.160 e. The molecule has 0 saturated carbocycles. The molecule has 4 aromatic carbocycles. The third kappa shape index (κ3) is 6.41. The first-order valence-corrected chi connectivity index (χ1v) is 16.8. The van der Waals surface area contributed by atoms with E-state index in [1.807, 2.05) is 97.1 Å². The van der Waals surface area contributed by atoms with E-state index in [4.69, 9.17) is 0 Å². The fourth-order valence-electron chi connectivity index (χ4n) is 5.49. The summed E-state index contributed by atoms with van der Waals surface area (Å²) in [6.07, 6.45) is 0. The third-order valence-corrected chi connectivity index (χ3v) is 14.1. The van der Waals surface area contributed by atoms with Crippen molar-refractivity contribution in [1.29, 1.82) is 0 Å². The van der Waals surface area contributed by atoms with Gasteiger partial charge in [0.1, 0.15) is 0 Å². The van der Waals surface area contributed by atoms with Crippen LogP contribution in [0.15, 0.2) is 97.1 Å². The maximum atomic E-state index is 12.9. The highest BCUT2D eigenvalue weighted by molar-refractivity contribution is 7.78. The van der Waals surface area contributed by atoms with Gasteiger partial charge in [-0.25, -0.2) is 0 Å². The number of Topliss-reactive ketones (excluding diaryl/α,β-unsaturated/α-hetero) is 4. The molecule has 0 radical (unpaired) electrons. The Kier molecular flexibility index (Phi) is 10.2. The predicted molar refractivity (Wildman–Crippen MR) is 177 cm³/mol. The molecule has 0 aliphatic carbocycles. The van der Waals surface area contributed by atoms with Crippen LogP contribution in [-0.4, -0.2) is 34.5 Å². The lowest BCUT2D eigenvalue weighted by atomic mass is 10.1. The highest BCUT2D eigenvalue weighted by Crippen LogP contribution is 2.53. The van der Waals surface area contributed by atoms with E-state index in [0.717, 1.165) is 21.2 Å². The van der Waals surface area contributed by atoms with Gasteiger partial charge in [0, 0.05) is 22.3 Å². The molecular formula is C36H36O4P2. The molecule has 4 nitrogen and oxygen atoms in total. The first kappa shape index (κ1) is 31.4. The Morgan fingerprint density at radius 2 is 0.595 bits per heavy atom. The molecule has 6 heteroatoms. The minimum atomic E-state index is -1.22. The molecule has 0 fully saturated rings. The Bertz CT molecular complexity index is 1420. The van der Waals surface area contributed by atoms with Crippen molar-refractivity contribution in [2.45, 2.75) is 52.9 Å². The number of ketones is 4. The molecule has 2 atom stereocenters. The minimum absolute atomic E-state index is 0.0237. The second kappa shape index (κ2) is 13.6. The van der Waals surface area contributed by atoms with E-state index >= 15 is 0 Å². The molecule has 0 aromatic heterocycles. The molecule has 0 aliphatic heterocycles. The lowest BCUT2D eigenvalue weighted by Gasteiger charge is -2.37. The third-order valence-electron chi connectivity index (χ3n) is 7.68. The van der Waals surface area contributed by atoms with Gasteiger partial charge in [-0.15, -0.1) is 0 Å². The van der Waals surface area contributed by atoms with E-state index in [1.54, 1.807) is 27.7 Å². The van der Waals surface area contributed by atoms with Gasteiger partial charge in [-0.2, -0.15) is 0 Å². The summed E-state index contributed by atoms with van der Waals surface area (Å²) in [5.74, 6) is -0.0949. The zero-order chi connectivity index (χ0) is 30.6. The van der Waals surface area contributed by atoms with E-state index in [-0.39, 0.29) is 34.5 Å². The molecule has 0 heterocycles. The van der Waals surface area contributed by atoms with Gasteiger partial charge in [0.05, 0.1) is 0 Å². The summed E-state index contributed by atoms with van der Waals surface area (Å²) >= 11 is 0. The number of carbonyl (C=O) groups is 4. The van der Waals surface area contributed by atoms with Crippen LogP contribution in [0.4, 0.5) is 0 Å². The number of carbonyl (C=O) groups excluding carboxylic acids is 4. The maximum absolute atomic E-state index is 12.9. The Morgan fingerprint density at radius 3 is 0.786 bits per heavy atom. The fraction of sp³-hybridized carbons (Fsp3) is 0.222. The summed E-state index contributed by atoms with van der Waals surface area (Å²) in [6, 6.07) is 30.8. The largest absolute Gasteiger partial charge is 0.294 e. The first-order chi connectivity index (χ1) is 20.0. The fourth-order valence-corrected chi connectivity index (χ4v) is 12.4. The van der Waals surface area contributed by atoms with Crippen molar-refractivity contribution >= 4 is 60.2 Å². The van der Waals surface area contributed by atoms with Crippen LogP contribution in [0.5, 0.6) is 0 Å². The molecule has 0 aliphatic rings. The molecule has 42 heavy (non-hydrogen) atoms. The zero-order valence-electron chi connectivity index (χ0n) is 24.9. The molecule has 2 unspecified atom stereocenters. The van der Waals surface area contributed by atoms with Gasteiger partial charge in [-0.3, -0.25) is 19.2 Å². The van der Waals surface area contributed by atoms with Crippen molar-refractivity contribution < 1.29 is 19.2 Å². The van der Waals surface area contributed by atoms with Crippen molar-refractivity contribution in [2.75, 3.05) is 0 Å². The average Bonchev–Trinajstić information content (AvgIpc) is 2.98. The van der Waals surface area contributed by atoms with Crippen molar-refractivity contribution in [1.82, 2.24) is 0 Å². The van der Waals surface area contributed by atoms with Crippen LogP contribution in [0.2, 0.25) is 0 Å². The molecule has 0 N–H and O–H groups in total. The number of rotatable bonds is 11. The van der Waals surface area contributed by atoms with Gasteiger partial charge >= 0.3 is 0 Å². The van der Waals surface area contributed by atoms with E-state index in [1.165, 1.54) is 0 Å². The van der Waals surface area contributed by atoms with E-state index in [0.29, 0.717) is 22.3 Å². The molecule has 4 rings (SSSR count). The van der Waals surface area contributed by atoms with Gasteiger partial charge in [0.15, 0.2) is 23.1 Å². The normalized spacial score (nSPS) is 12.7. The van der Waals surface area contributed by atoms with Gasteiger partial charge in [0.25, 0.3) is 0 Å². The number of benzene rings is 4. The quantitative estimate of drug-likeness (QED) is 0.141.